The highest BCUT2D eigenvalue weighted by molar-refractivity contribution is 6.08. The molecule has 0 bridgehead atoms. The van der Waals surface area contributed by atoms with E-state index in [0.29, 0.717) is 12.1 Å². The summed E-state index contributed by atoms with van der Waals surface area (Å²) in [7, 11) is 0. The highest BCUT2D eigenvalue weighted by Gasteiger charge is 2.40. The maximum Gasteiger partial charge on any atom is 0.252 e. The van der Waals surface area contributed by atoms with Gasteiger partial charge in [-0.3, -0.25) is 14.5 Å². The average Bonchev–Trinajstić information content (AvgIpc) is 2.28. The van der Waals surface area contributed by atoms with Gasteiger partial charge in [0.2, 0.25) is 5.91 Å². The van der Waals surface area contributed by atoms with Crippen molar-refractivity contribution in [2.45, 2.75) is 19.4 Å². The third kappa shape index (κ3) is 2.27. The molecule has 1 saturated heterocycles. The molecule has 2 amide bonds. The summed E-state index contributed by atoms with van der Waals surface area (Å²) >= 11 is 0. The van der Waals surface area contributed by atoms with Crippen LogP contribution in [0, 0.1) is 17.5 Å². The molecule has 1 N–H and O–H groups in total. The van der Waals surface area contributed by atoms with Gasteiger partial charge in [0.25, 0.3) is 5.91 Å². The van der Waals surface area contributed by atoms with E-state index in [4.69, 9.17) is 0 Å². The van der Waals surface area contributed by atoms with Crippen molar-refractivity contribution < 1.29 is 22.8 Å². The topological polar surface area (TPSA) is 49.4 Å². The Balaban J connectivity index is 2.49. The molecule has 1 aliphatic rings. The number of nitrogens with zero attached hydrogens (tertiary/aromatic N) is 1. The van der Waals surface area contributed by atoms with Crippen LogP contribution in [0.5, 0.6) is 0 Å². The first-order valence-electron chi connectivity index (χ1n) is 5.50. The molecule has 0 aliphatic carbocycles. The lowest BCUT2D eigenvalue weighted by Gasteiger charge is -2.37. The molecule has 0 saturated carbocycles. The van der Waals surface area contributed by atoms with Gasteiger partial charge < -0.3 is 5.32 Å². The first kappa shape index (κ1) is 13.4. The molecule has 0 atom stereocenters. The summed E-state index contributed by atoms with van der Waals surface area (Å²) in [6, 6.07) is 0.911. The van der Waals surface area contributed by atoms with Crippen LogP contribution in [0.4, 0.5) is 18.9 Å². The Hall–Kier alpha value is -2.05. The summed E-state index contributed by atoms with van der Waals surface area (Å²) in [6.07, 6.45) is 0. The van der Waals surface area contributed by atoms with Crippen LogP contribution >= 0.6 is 0 Å². The molecule has 102 valence electrons. The van der Waals surface area contributed by atoms with Crippen molar-refractivity contribution in [2.24, 2.45) is 0 Å². The molecule has 0 radical (unpaired) electrons. The summed E-state index contributed by atoms with van der Waals surface area (Å²) in [5.41, 5.74) is -1.68. The minimum absolute atomic E-state index is 0.345. The van der Waals surface area contributed by atoms with Gasteiger partial charge in [-0.2, -0.15) is 0 Å². The van der Waals surface area contributed by atoms with Crippen LogP contribution in [-0.2, 0) is 9.59 Å². The zero-order chi connectivity index (χ0) is 14.4. The first-order valence-corrected chi connectivity index (χ1v) is 5.50. The summed E-state index contributed by atoms with van der Waals surface area (Å²) in [5, 5.41) is 2.43. The third-order valence-corrected chi connectivity index (χ3v) is 2.81. The summed E-state index contributed by atoms with van der Waals surface area (Å²) in [5.74, 6) is -4.84. The van der Waals surface area contributed by atoms with Crippen molar-refractivity contribution in [1.82, 2.24) is 5.32 Å². The zero-order valence-corrected chi connectivity index (χ0v) is 10.3. The van der Waals surface area contributed by atoms with Gasteiger partial charge in [0.05, 0.1) is 5.69 Å². The monoisotopic (exact) mass is 272 g/mol. The number of amides is 2. The molecule has 0 aromatic heterocycles. The lowest BCUT2D eigenvalue weighted by atomic mass is 10.00. The van der Waals surface area contributed by atoms with Crippen molar-refractivity contribution in [3.63, 3.8) is 0 Å². The molecule has 1 aromatic carbocycles. The quantitative estimate of drug-likeness (QED) is 0.784. The molecule has 0 spiro atoms. The van der Waals surface area contributed by atoms with E-state index in [0.717, 1.165) is 4.90 Å². The second-order valence-electron chi connectivity index (χ2n) is 4.78. The molecule has 2 rings (SSSR count). The number of hydrogen-bond acceptors (Lipinski definition) is 2. The van der Waals surface area contributed by atoms with Crippen molar-refractivity contribution in [2.75, 3.05) is 11.4 Å². The number of hydrogen-bond donors (Lipinski definition) is 1. The van der Waals surface area contributed by atoms with Crippen LogP contribution in [0.25, 0.3) is 0 Å². The third-order valence-electron chi connectivity index (χ3n) is 2.81. The predicted octanol–water partition coefficient (Wildman–Crippen LogP) is 1.35. The van der Waals surface area contributed by atoms with Gasteiger partial charge in [-0.05, 0) is 13.8 Å². The number of carbonyl (C=O) groups excluding carboxylic acids is 2. The van der Waals surface area contributed by atoms with Crippen LogP contribution < -0.4 is 10.2 Å². The highest BCUT2D eigenvalue weighted by Crippen LogP contribution is 2.26. The van der Waals surface area contributed by atoms with E-state index in [1.807, 2.05) is 0 Å². The van der Waals surface area contributed by atoms with E-state index in [9.17, 15) is 22.8 Å². The van der Waals surface area contributed by atoms with Gasteiger partial charge >= 0.3 is 0 Å². The normalized spacial score (nSPS) is 18.5. The van der Waals surface area contributed by atoms with Crippen LogP contribution in [0.15, 0.2) is 12.1 Å². The highest BCUT2D eigenvalue weighted by atomic mass is 19.2. The Kier molecular flexibility index (Phi) is 3.00. The maximum absolute atomic E-state index is 13.6. The number of benzene rings is 1. The standard InChI is InChI=1S/C12H11F3N2O2/c1-12(2)11(19)17(5-10(18)16-12)9-4-7(14)6(13)3-8(9)15/h3-4H,5H2,1-2H3,(H,16,18). The van der Waals surface area contributed by atoms with E-state index in [-0.39, 0.29) is 0 Å². The van der Waals surface area contributed by atoms with E-state index in [1.165, 1.54) is 13.8 Å². The molecule has 1 aliphatic heterocycles. The van der Waals surface area contributed by atoms with E-state index >= 15 is 0 Å². The fourth-order valence-electron chi connectivity index (χ4n) is 1.91. The minimum Gasteiger partial charge on any atom is -0.341 e. The Morgan fingerprint density at radius 3 is 2.32 bits per heavy atom. The van der Waals surface area contributed by atoms with E-state index in [2.05, 4.69) is 5.32 Å². The zero-order valence-electron chi connectivity index (χ0n) is 10.3. The van der Waals surface area contributed by atoms with Crippen molar-refractivity contribution in [3.05, 3.63) is 29.6 Å². The van der Waals surface area contributed by atoms with Gasteiger partial charge in [-0.15, -0.1) is 0 Å². The average molecular weight is 272 g/mol. The van der Waals surface area contributed by atoms with Crippen molar-refractivity contribution in [3.8, 4) is 0 Å². The predicted molar refractivity (Wildman–Crippen MR) is 60.9 cm³/mol. The van der Waals surface area contributed by atoms with Crippen LogP contribution in [-0.4, -0.2) is 23.9 Å². The van der Waals surface area contributed by atoms with E-state index < -0.39 is 47.0 Å². The Labute approximate surface area is 107 Å². The van der Waals surface area contributed by atoms with Crippen molar-refractivity contribution in [1.29, 1.82) is 0 Å². The number of carbonyl (C=O) groups is 2. The molecule has 1 fully saturated rings. The molecular formula is C12H11F3N2O2. The smallest absolute Gasteiger partial charge is 0.252 e. The lowest BCUT2D eigenvalue weighted by Crippen LogP contribution is -2.64. The molecule has 1 heterocycles. The number of anilines is 1. The van der Waals surface area contributed by atoms with Crippen LogP contribution in [0.1, 0.15) is 13.8 Å². The molecule has 0 unspecified atom stereocenters. The fourth-order valence-corrected chi connectivity index (χ4v) is 1.91. The minimum atomic E-state index is -1.35. The fraction of sp³-hybridized carbons (Fsp3) is 0.333. The number of halogens is 3. The van der Waals surface area contributed by atoms with Gasteiger partial charge in [-0.25, -0.2) is 13.2 Å². The largest absolute Gasteiger partial charge is 0.341 e. The first-order chi connectivity index (χ1) is 8.72. The molecule has 4 nitrogen and oxygen atoms in total. The molecule has 19 heavy (non-hydrogen) atoms. The van der Waals surface area contributed by atoms with Crippen molar-refractivity contribution >= 4 is 17.5 Å². The second-order valence-corrected chi connectivity index (χ2v) is 4.78. The molecular weight excluding hydrogens is 261 g/mol. The molecule has 1 aromatic rings. The van der Waals surface area contributed by atoms with Crippen LogP contribution in [0.3, 0.4) is 0 Å². The van der Waals surface area contributed by atoms with Gasteiger partial charge in [-0.1, -0.05) is 0 Å². The number of nitrogens with one attached hydrogen (secondary N) is 1. The maximum atomic E-state index is 13.6. The van der Waals surface area contributed by atoms with Gasteiger partial charge in [0.15, 0.2) is 11.6 Å². The Bertz CT molecular complexity index is 572. The van der Waals surface area contributed by atoms with Crippen LogP contribution in [0.2, 0.25) is 0 Å². The number of rotatable bonds is 1. The molecule has 7 heteroatoms. The Morgan fingerprint density at radius 2 is 1.68 bits per heavy atom. The Morgan fingerprint density at radius 1 is 1.11 bits per heavy atom. The number of piperazine rings is 1. The SMILES string of the molecule is CC1(C)NC(=O)CN(c2cc(F)c(F)cc2F)C1=O. The van der Waals surface area contributed by atoms with Gasteiger partial charge in [0.1, 0.15) is 17.9 Å². The summed E-state index contributed by atoms with van der Waals surface area (Å²) < 4.78 is 39.6. The summed E-state index contributed by atoms with van der Waals surface area (Å²) in [4.78, 5) is 24.3. The van der Waals surface area contributed by atoms with E-state index in [1.54, 1.807) is 0 Å². The van der Waals surface area contributed by atoms with Gasteiger partial charge in [0, 0.05) is 12.1 Å². The summed E-state index contributed by atoms with van der Waals surface area (Å²) in [6.45, 7) is 2.44. The lowest BCUT2D eigenvalue weighted by molar-refractivity contribution is -0.134. The second kappa shape index (κ2) is 4.25.